The lowest BCUT2D eigenvalue weighted by atomic mass is 9.73. The maximum atomic E-state index is 13.1. The van der Waals surface area contributed by atoms with Crippen LogP contribution in [-0.4, -0.2) is 34.8 Å². The van der Waals surface area contributed by atoms with Crippen molar-refractivity contribution in [2.45, 2.75) is 32.7 Å². The van der Waals surface area contributed by atoms with Crippen LogP contribution in [-0.2, 0) is 4.79 Å². The Labute approximate surface area is 152 Å². The van der Waals surface area contributed by atoms with E-state index in [1.807, 2.05) is 18.2 Å². The molecular formula is C19H22N4O3. The Morgan fingerprint density at radius 3 is 2.77 bits per heavy atom. The molecule has 7 heteroatoms. The monoisotopic (exact) mass is 354 g/mol. The number of nitrogens with zero attached hydrogens (tertiary/aromatic N) is 3. The predicted molar refractivity (Wildman–Crippen MR) is 96.4 cm³/mol. The van der Waals surface area contributed by atoms with E-state index >= 15 is 0 Å². The van der Waals surface area contributed by atoms with Crippen LogP contribution in [0.1, 0.15) is 38.3 Å². The minimum Gasteiger partial charge on any atom is -0.497 e. The Kier molecular flexibility index (Phi) is 3.75. The molecular weight excluding hydrogens is 332 g/mol. The molecule has 1 aromatic carbocycles. The highest BCUT2D eigenvalue weighted by Crippen LogP contribution is 2.47. The second-order valence-corrected chi connectivity index (χ2v) is 7.50. The first-order valence-corrected chi connectivity index (χ1v) is 8.58. The van der Waals surface area contributed by atoms with Crippen LogP contribution in [0.5, 0.6) is 11.5 Å². The number of nitrogens with one attached hydrogen (secondary N) is 1. The number of benzene rings is 1. The zero-order valence-electron chi connectivity index (χ0n) is 15.4. The number of Topliss-reactive ketones (excluding diaryl/α,β-unsaturated/α-hetero) is 1. The Morgan fingerprint density at radius 1 is 1.23 bits per heavy atom. The number of anilines is 1. The zero-order chi connectivity index (χ0) is 18.5. The van der Waals surface area contributed by atoms with Crippen molar-refractivity contribution in [3.8, 4) is 11.5 Å². The van der Waals surface area contributed by atoms with Crippen molar-refractivity contribution in [2.24, 2.45) is 5.41 Å². The predicted octanol–water partition coefficient (Wildman–Crippen LogP) is 2.95. The van der Waals surface area contributed by atoms with Gasteiger partial charge in [-0.25, -0.2) is 4.68 Å². The van der Waals surface area contributed by atoms with Gasteiger partial charge in [-0.05, 0) is 24.0 Å². The van der Waals surface area contributed by atoms with Crippen LogP contribution >= 0.6 is 0 Å². The molecule has 7 nitrogen and oxygen atoms in total. The molecule has 0 amide bonds. The highest BCUT2D eigenvalue weighted by molar-refractivity contribution is 6.00. The standard InChI is InChI=1S/C19H22N4O3/c1-19(2)8-13-16(14(24)9-19)17(23-18(22-13)20-10-21-23)12-6-5-11(25-3)7-15(12)26-4/h5-7,10,17H,8-9H2,1-4H3,(H,20,21,22). The molecule has 1 aliphatic heterocycles. The fourth-order valence-corrected chi connectivity index (χ4v) is 3.88. The van der Waals surface area contributed by atoms with Gasteiger partial charge in [0.05, 0.1) is 14.2 Å². The van der Waals surface area contributed by atoms with Crippen LogP contribution in [0.2, 0.25) is 0 Å². The maximum Gasteiger partial charge on any atom is 0.226 e. The van der Waals surface area contributed by atoms with E-state index in [4.69, 9.17) is 9.47 Å². The number of allylic oxidation sites excluding steroid dienone is 2. The SMILES string of the molecule is COc1ccc(C2C3=C(CC(C)(C)CC3=O)Nc3ncnn32)c(OC)c1. The first kappa shape index (κ1) is 16.6. The average molecular weight is 354 g/mol. The number of rotatable bonds is 3. The molecule has 1 aliphatic carbocycles. The first-order valence-electron chi connectivity index (χ1n) is 8.58. The molecule has 2 aromatic rings. The number of methoxy groups -OCH3 is 2. The molecule has 0 fully saturated rings. The van der Waals surface area contributed by atoms with E-state index in [-0.39, 0.29) is 17.2 Å². The summed E-state index contributed by atoms with van der Waals surface area (Å²) in [5, 5.41) is 7.67. The van der Waals surface area contributed by atoms with Crippen molar-refractivity contribution in [3.63, 3.8) is 0 Å². The number of aromatic nitrogens is 3. The molecule has 0 radical (unpaired) electrons. The fourth-order valence-electron chi connectivity index (χ4n) is 3.88. The van der Waals surface area contributed by atoms with Crippen LogP contribution in [0.25, 0.3) is 0 Å². The molecule has 0 saturated heterocycles. The summed E-state index contributed by atoms with van der Waals surface area (Å²) in [6, 6.07) is 5.25. The minimum atomic E-state index is -0.367. The van der Waals surface area contributed by atoms with Gasteiger partial charge in [-0.1, -0.05) is 13.8 Å². The van der Waals surface area contributed by atoms with Gasteiger partial charge in [0.2, 0.25) is 5.95 Å². The summed E-state index contributed by atoms with van der Waals surface area (Å²) in [6.07, 6.45) is 2.79. The smallest absolute Gasteiger partial charge is 0.226 e. The lowest BCUT2D eigenvalue weighted by Crippen LogP contribution is -2.36. The normalized spacial score (nSPS) is 20.9. The van der Waals surface area contributed by atoms with Crippen molar-refractivity contribution < 1.29 is 14.3 Å². The molecule has 136 valence electrons. The molecule has 26 heavy (non-hydrogen) atoms. The summed E-state index contributed by atoms with van der Waals surface area (Å²) in [4.78, 5) is 17.4. The van der Waals surface area contributed by atoms with E-state index in [1.54, 1.807) is 18.9 Å². The number of ether oxygens (including phenoxy) is 2. The molecule has 1 unspecified atom stereocenters. The summed E-state index contributed by atoms with van der Waals surface area (Å²) >= 11 is 0. The van der Waals surface area contributed by atoms with Gasteiger partial charge in [0.25, 0.3) is 0 Å². The van der Waals surface area contributed by atoms with Crippen molar-refractivity contribution in [3.05, 3.63) is 41.4 Å². The van der Waals surface area contributed by atoms with E-state index in [9.17, 15) is 4.79 Å². The third kappa shape index (κ3) is 2.55. The molecule has 0 saturated carbocycles. The Morgan fingerprint density at radius 2 is 2.04 bits per heavy atom. The number of hydrogen-bond donors (Lipinski definition) is 1. The van der Waals surface area contributed by atoms with Crippen molar-refractivity contribution in [2.75, 3.05) is 19.5 Å². The molecule has 1 N–H and O–H groups in total. The van der Waals surface area contributed by atoms with Gasteiger partial charge in [-0.2, -0.15) is 10.1 Å². The van der Waals surface area contributed by atoms with Crippen molar-refractivity contribution in [1.82, 2.24) is 14.8 Å². The molecule has 4 rings (SSSR count). The fraction of sp³-hybridized carbons (Fsp3) is 0.421. The average Bonchev–Trinajstić information content (AvgIpc) is 3.06. The number of carbonyl (C=O) groups excluding carboxylic acids is 1. The number of carbonyl (C=O) groups is 1. The number of hydrogen-bond acceptors (Lipinski definition) is 6. The lowest BCUT2D eigenvalue weighted by molar-refractivity contribution is -0.118. The number of ketones is 1. The third-order valence-corrected chi connectivity index (χ3v) is 5.01. The maximum absolute atomic E-state index is 13.1. The summed E-state index contributed by atoms with van der Waals surface area (Å²) < 4.78 is 12.6. The third-order valence-electron chi connectivity index (χ3n) is 5.01. The van der Waals surface area contributed by atoms with E-state index in [2.05, 4.69) is 29.2 Å². The molecule has 0 spiro atoms. The van der Waals surface area contributed by atoms with Crippen molar-refractivity contribution in [1.29, 1.82) is 0 Å². The Hall–Kier alpha value is -2.83. The zero-order valence-corrected chi connectivity index (χ0v) is 15.4. The summed E-state index contributed by atoms with van der Waals surface area (Å²) in [6.45, 7) is 4.22. The topological polar surface area (TPSA) is 78.3 Å². The van der Waals surface area contributed by atoms with Gasteiger partial charge in [0.15, 0.2) is 5.78 Å². The molecule has 0 bridgehead atoms. The van der Waals surface area contributed by atoms with Crippen molar-refractivity contribution >= 4 is 11.7 Å². The quantitative estimate of drug-likeness (QED) is 0.913. The van der Waals surface area contributed by atoms with Gasteiger partial charge in [0.1, 0.15) is 23.9 Å². The number of fused-ring (bicyclic) bond motifs is 1. The first-order chi connectivity index (χ1) is 12.4. The van der Waals surface area contributed by atoms with Gasteiger partial charge >= 0.3 is 0 Å². The van der Waals surface area contributed by atoms with Gasteiger partial charge in [0, 0.05) is 29.3 Å². The van der Waals surface area contributed by atoms with Gasteiger partial charge in [-0.15, -0.1) is 0 Å². The van der Waals surface area contributed by atoms with E-state index in [1.165, 1.54) is 6.33 Å². The minimum absolute atomic E-state index is 0.0837. The van der Waals surface area contributed by atoms with E-state index in [0.717, 1.165) is 23.3 Å². The van der Waals surface area contributed by atoms with Crippen LogP contribution in [0, 0.1) is 5.41 Å². The second-order valence-electron chi connectivity index (χ2n) is 7.50. The Balaban J connectivity index is 1.92. The summed E-state index contributed by atoms with van der Waals surface area (Å²) in [5.41, 5.74) is 2.45. The van der Waals surface area contributed by atoms with Crippen LogP contribution in [0.4, 0.5) is 5.95 Å². The highest BCUT2D eigenvalue weighted by Gasteiger charge is 2.42. The summed E-state index contributed by atoms with van der Waals surface area (Å²) in [5.74, 6) is 2.12. The van der Waals surface area contributed by atoms with Crippen LogP contribution in [0.3, 0.4) is 0 Å². The van der Waals surface area contributed by atoms with Gasteiger partial charge in [-0.3, -0.25) is 4.79 Å². The molecule has 2 aliphatic rings. The lowest BCUT2D eigenvalue weighted by Gasteiger charge is -2.38. The van der Waals surface area contributed by atoms with E-state index in [0.29, 0.717) is 23.9 Å². The van der Waals surface area contributed by atoms with Gasteiger partial charge < -0.3 is 14.8 Å². The second kappa shape index (κ2) is 5.86. The molecule has 1 aromatic heterocycles. The largest absolute Gasteiger partial charge is 0.497 e. The molecule has 2 heterocycles. The summed E-state index contributed by atoms with van der Waals surface area (Å²) in [7, 11) is 3.23. The highest BCUT2D eigenvalue weighted by atomic mass is 16.5. The molecule has 1 atom stereocenters. The van der Waals surface area contributed by atoms with Crippen LogP contribution < -0.4 is 14.8 Å². The van der Waals surface area contributed by atoms with E-state index < -0.39 is 0 Å². The Bertz CT molecular complexity index is 913. The van der Waals surface area contributed by atoms with Crippen LogP contribution in [0.15, 0.2) is 35.8 Å².